The first-order chi connectivity index (χ1) is 18.2. The van der Waals surface area contributed by atoms with Crippen molar-refractivity contribution in [1.29, 1.82) is 0 Å². The van der Waals surface area contributed by atoms with E-state index >= 15 is 0 Å². The fourth-order valence-corrected chi connectivity index (χ4v) is 5.76. The predicted molar refractivity (Wildman–Crippen MR) is 145 cm³/mol. The van der Waals surface area contributed by atoms with Gasteiger partial charge in [-0.15, -0.1) is 0 Å². The van der Waals surface area contributed by atoms with Gasteiger partial charge in [-0.05, 0) is 70.7 Å². The van der Waals surface area contributed by atoms with E-state index in [0.717, 1.165) is 22.3 Å². The summed E-state index contributed by atoms with van der Waals surface area (Å²) >= 11 is 0. The van der Waals surface area contributed by atoms with Crippen molar-refractivity contribution in [1.82, 2.24) is 10.2 Å². The van der Waals surface area contributed by atoms with E-state index in [1.807, 2.05) is 69.3 Å². The second-order valence-corrected chi connectivity index (χ2v) is 11.6. The molecule has 0 spiro atoms. The number of aliphatic carboxylic acids is 1. The van der Waals surface area contributed by atoms with Crippen molar-refractivity contribution in [2.75, 3.05) is 6.61 Å². The Morgan fingerprint density at radius 2 is 1.59 bits per heavy atom. The highest BCUT2D eigenvalue weighted by Gasteiger charge is 2.53. The van der Waals surface area contributed by atoms with Gasteiger partial charge in [-0.2, -0.15) is 0 Å². The zero-order valence-electron chi connectivity index (χ0n) is 23.6. The Morgan fingerprint density at radius 3 is 2.10 bits per heavy atom. The summed E-state index contributed by atoms with van der Waals surface area (Å²) in [5.74, 6) is -1.96. The van der Waals surface area contributed by atoms with Crippen LogP contribution in [0.1, 0.15) is 65.5 Å². The van der Waals surface area contributed by atoms with Crippen LogP contribution in [0.4, 0.5) is 4.79 Å². The molecule has 0 saturated carbocycles. The molecule has 4 rings (SSSR count). The van der Waals surface area contributed by atoms with Gasteiger partial charge in [0.05, 0.1) is 17.8 Å². The third-order valence-corrected chi connectivity index (χ3v) is 7.16. The van der Waals surface area contributed by atoms with Gasteiger partial charge in [-0.25, -0.2) is 9.59 Å². The smallest absolute Gasteiger partial charge is 0.407 e. The number of benzene rings is 2. The van der Waals surface area contributed by atoms with E-state index in [-0.39, 0.29) is 12.5 Å². The molecule has 4 atom stereocenters. The van der Waals surface area contributed by atoms with Crippen LogP contribution in [0.5, 0.6) is 0 Å². The minimum atomic E-state index is -1.22. The monoisotopic (exact) mass is 538 g/mol. The van der Waals surface area contributed by atoms with Crippen LogP contribution in [-0.4, -0.2) is 70.2 Å². The van der Waals surface area contributed by atoms with Crippen molar-refractivity contribution in [3.63, 3.8) is 0 Å². The van der Waals surface area contributed by atoms with Gasteiger partial charge in [-0.1, -0.05) is 48.5 Å². The summed E-state index contributed by atoms with van der Waals surface area (Å²) < 4.78 is 17.5. The second kappa shape index (κ2) is 10.6. The molecule has 2 aromatic carbocycles. The fourth-order valence-electron chi connectivity index (χ4n) is 5.76. The number of ether oxygens (including phenoxy) is 3. The molecular formula is C30H38N2O7. The van der Waals surface area contributed by atoms with E-state index in [2.05, 4.69) is 5.32 Å². The van der Waals surface area contributed by atoms with Crippen LogP contribution in [0.15, 0.2) is 48.5 Å². The highest BCUT2D eigenvalue weighted by molar-refractivity contribution is 5.91. The third kappa shape index (κ3) is 5.79. The predicted octanol–water partition coefficient (Wildman–Crippen LogP) is 4.53. The molecule has 0 aromatic heterocycles. The van der Waals surface area contributed by atoms with Gasteiger partial charge in [0.15, 0.2) is 6.04 Å². The SMILES string of the molecule is C[C@@H](OC(C)(C)C)[C@H](NC(=O)OCC1c2ccccc2-c2ccccc21)C(=O)N1[C@H](C(=O)O)[C@@H](C)OC1(C)C. The van der Waals surface area contributed by atoms with E-state index < -0.39 is 53.6 Å². The molecule has 39 heavy (non-hydrogen) atoms. The van der Waals surface area contributed by atoms with Crippen LogP contribution in [-0.2, 0) is 23.8 Å². The van der Waals surface area contributed by atoms with Crippen LogP contribution in [0.2, 0.25) is 0 Å². The summed E-state index contributed by atoms with van der Waals surface area (Å²) in [5, 5.41) is 12.5. The van der Waals surface area contributed by atoms with Crippen molar-refractivity contribution in [2.45, 2.75) is 90.0 Å². The first kappa shape index (κ1) is 28.6. The average molecular weight is 539 g/mol. The standard InChI is InChI=1S/C30H38N2O7/c1-17(38-29(3,4)5)24(26(33)32-25(27(34)35)18(2)39-30(32,6)7)31-28(36)37-16-23-21-14-10-8-12-19(21)20-13-9-11-15-22(20)23/h8-15,17-18,23-25H,16H2,1-7H3,(H,31,36)(H,34,35)/t17-,18-,24+,25+/m1/s1. The second-order valence-electron chi connectivity index (χ2n) is 11.6. The number of carboxylic acids is 1. The van der Waals surface area contributed by atoms with E-state index in [1.165, 1.54) is 4.90 Å². The quantitative estimate of drug-likeness (QED) is 0.532. The number of hydrogen-bond acceptors (Lipinski definition) is 6. The lowest BCUT2D eigenvalue weighted by Crippen LogP contribution is -2.61. The van der Waals surface area contributed by atoms with E-state index in [4.69, 9.17) is 14.2 Å². The minimum Gasteiger partial charge on any atom is -0.480 e. The highest BCUT2D eigenvalue weighted by Crippen LogP contribution is 2.44. The number of carbonyl (C=O) groups excluding carboxylic acids is 2. The molecule has 2 aromatic rings. The van der Waals surface area contributed by atoms with Gasteiger partial charge in [0.2, 0.25) is 0 Å². The number of nitrogens with zero attached hydrogens (tertiary/aromatic N) is 1. The van der Waals surface area contributed by atoms with Crippen molar-refractivity contribution < 1.29 is 33.7 Å². The molecule has 2 amide bonds. The largest absolute Gasteiger partial charge is 0.480 e. The van der Waals surface area contributed by atoms with Gasteiger partial charge in [0.25, 0.3) is 5.91 Å². The first-order valence-electron chi connectivity index (χ1n) is 13.2. The van der Waals surface area contributed by atoms with Crippen molar-refractivity contribution in [3.05, 3.63) is 59.7 Å². The summed E-state index contributed by atoms with van der Waals surface area (Å²) in [6, 6.07) is 13.6. The summed E-state index contributed by atoms with van der Waals surface area (Å²) in [7, 11) is 0. The van der Waals surface area contributed by atoms with Gasteiger partial charge >= 0.3 is 12.1 Å². The Balaban J connectivity index is 1.55. The van der Waals surface area contributed by atoms with Crippen LogP contribution in [0, 0.1) is 0 Å². The highest BCUT2D eigenvalue weighted by atomic mass is 16.6. The molecule has 1 heterocycles. The summed E-state index contributed by atoms with van der Waals surface area (Å²) in [5.41, 5.74) is 2.51. The molecule has 0 bridgehead atoms. The maximum absolute atomic E-state index is 13.9. The molecule has 1 aliphatic heterocycles. The molecule has 1 aliphatic carbocycles. The number of nitrogens with one attached hydrogen (secondary N) is 1. The molecular weight excluding hydrogens is 500 g/mol. The van der Waals surface area contributed by atoms with Crippen LogP contribution < -0.4 is 5.32 Å². The maximum atomic E-state index is 13.9. The van der Waals surface area contributed by atoms with E-state index in [1.54, 1.807) is 27.7 Å². The molecule has 2 aliphatic rings. The number of amides is 2. The molecule has 2 N–H and O–H groups in total. The average Bonchev–Trinajstić information content (AvgIpc) is 3.29. The lowest BCUT2D eigenvalue weighted by molar-refractivity contribution is -0.161. The van der Waals surface area contributed by atoms with Crippen molar-refractivity contribution >= 4 is 18.0 Å². The lowest BCUT2D eigenvalue weighted by atomic mass is 9.98. The Hall–Kier alpha value is -3.43. The lowest BCUT2D eigenvalue weighted by Gasteiger charge is -2.37. The summed E-state index contributed by atoms with van der Waals surface area (Å²) in [4.78, 5) is 40.3. The maximum Gasteiger partial charge on any atom is 0.407 e. The molecule has 0 radical (unpaired) electrons. The van der Waals surface area contributed by atoms with E-state index in [0.29, 0.717) is 0 Å². The first-order valence-corrected chi connectivity index (χ1v) is 13.2. The van der Waals surface area contributed by atoms with Crippen LogP contribution >= 0.6 is 0 Å². The number of alkyl carbamates (subject to hydrolysis) is 1. The number of hydrogen-bond donors (Lipinski definition) is 2. The Labute approximate surface area is 229 Å². The molecule has 9 nitrogen and oxygen atoms in total. The Kier molecular flexibility index (Phi) is 7.78. The Morgan fingerprint density at radius 1 is 1.05 bits per heavy atom. The number of carboxylic acid groups (broad SMARTS) is 1. The number of fused-ring (bicyclic) bond motifs is 3. The minimum absolute atomic E-state index is 0.0718. The molecule has 1 saturated heterocycles. The van der Waals surface area contributed by atoms with Crippen LogP contribution in [0.25, 0.3) is 11.1 Å². The molecule has 210 valence electrons. The van der Waals surface area contributed by atoms with Gasteiger partial charge < -0.3 is 24.6 Å². The van der Waals surface area contributed by atoms with Crippen LogP contribution in [0.3, 0.4) is 0 Å². The fraction of sp³-hybridized carbons (Fsp3) is 0.500. The molecule has 0 unspecified atom stereocenters. The van der Waals surface area contributed by atoms with Gasteiger partial charge in [0, 0.05) is 5.92 Å². The van der Waals surface area contributed by atoms with Gasteiger partial charge in [0.1, 0.15) is 18.4 Å². The van der Waals surface area contributed by atoms with E-state index in [9.17, 15) is 19.5 Å². The topological polar surface area (TPSA) is 114 Å². The zero-order chi connectivity index (χ0) is 28.7. The zero-order valence-corrected chi connectivity index (χ0v) is 23.6. The molecule has 9 heteroatoms. The third-order valence-electron chi connectivity index (χ3n) is 7.16. The van der Waals surface area contributed by atoms with Crippen molar-refractivity contribution in [2.24, 2.45) is 0 Å². The Bertz CT molecular complexity index is 1210. The van der Waals surface area contributed by atoms with Gasteiger partial charge in [-0.3, -0.25) is 9.69 Å². The van der Waals surface area contributed by atoms with Crippen molar-refractivity contribution in [3.8, 4) is 11.1 Å². The molecule has 1 fully saturated rings. The number of rotatable bonds is 7. The summed E-state index contributed by atoms with van der Waals surface area (Å²) in [6.45, 7) is 12.1. The normalized spacial score (nSPS) is 21.6. The number of carbonyl (C=O) groups is 3. The summed E-state index contributed by atoms with van der Waals surface area (Å²) in [6.07, 6.45) is -2.33.